The average molecular weight is 345 g/mol. The van der Waals surface area contributed by atoms with E-state index in [4.69, 9.17) is 19.9 Å². The summed E-state index contributed by atoms with van der Waals surface area (Å²) < 4.78 is 16.4. The molecule has 8 heteroatoms. The fourth-order valence-corrected chi connectivity index (χ4v) is 2.53. The minimum Gasteiger partial charge on any atom is -0.490 e. The molecule has 2 heterocycles. The van der Waals surface area contributed by atoms with E-state index in [1.807, 2.05) is 13.8 Å². The second kappa shape index (κ2) is 6.84. The predicted octanol–water partition coefficient (Wildman–Crippen LogP) is 1.61. The molecule has 0 spiro atoms. The predicted molar refractivity (Wildman–Crippen MR) is 89.8 cm³/mol. The quantitative estimate of drug-likeness (QED) is 0.822. The van der Waals surface area contributed by atoms with Gasteiger partial charge < -0.3 is 25.3 Å². The van der Waals surface area contributed by atoms with Crippen molar-refractivity contribution < 1.29 is 23.8 Å². The van der Waals surface area contributed by atoms with Crippen LogP contribution in [0.5, 0.6) is 11.6 Å². The summed E-state index contributed by atoms with van der Waals surface area (Å²) in [6.07, 6.45) is 0.615. The summed E-state index contributed by atoms with van der Waals surface area (Å²) in [5.41, 5.74) is 5.75. The van der Waals surface area contributed by atoms with Gasteiger partial charge in [-0.05, 0) is 37.4 Å². The van der Waals surface area contributed by atoms with Crippen LogP contribution in [0.2, 0.25) is 0 Å². The van der Waals surface area contributed by atoms with E-state index < -0.39 is 12.0 Å². The minimum absolute atomic E-state index is 0.124. The maximum absolute atomic E-state index is 11.7. The van der Waals surface area contributed by atoms with Crippen LogP contribution >= 0.6 is 0 Å². The lowest BCUT2D eigenvalue weighted by Gasteiger charge is -2.16. The molecule has 2 aromatic rings. The molecule has 8 nitrogen and oxygen atoms in total. The number of nitrogens with zero attached hydrogens (tertiary/aromatic N) is 1. The molecule has 1 fully saturated rings. The van der Waals surface area contributed by atoms with Gasteiger partial charge in [-0.25, -0.2) is 9.78 Å². The molecule has 25 heavy (non-hydrogen) atoms. The SMILES string of the molecule is CC(C)Oc1cc2c(OC[C@@H]3CNC(=O)O3)nccc2cc1C(N)=O. The van der Waals surface area contributed by atoms with Gasteiger partial charge in [0.05, 0.1) is 18.2 Å². The highest BCUT2D eigenvalue weighted by Gasteiger charge is 2.23. The fourth-order valence-electron chi connectivity index (χ4n) is 2.53. The van der Waals surface area contributed by atoms with Crippen LogP contribution in [0.25, 0.3) is 10.8 Å². The summed E-state index contributed by atoms with van der Waals surface area (Å²) in [5, 5.41) is 3.99. The number of ether oxygens (including phenoxy) is 3. The number of carbonyl (C=O) groups excluding carboxylic acids is 2. The lowest BCUT2D eigenvalue weighted by molar-refractivity contribution is 0.0994. The molecular weight excluding hydrogens is 326 g/mol. The monoisotopic (exact) mass is 345 g/mol. The summed E-state index contributed by atoms with van der Waals surface area (Å²) in [6.45, 7) is 4.27. The number of rotatable bonds is 6. The van der Waals surface area contributed by atoms with Crippen LogP contribution in [-0.2, 0) is 4.74 Å². The van der Waals surface area contributed by atoms with Crippen molar-refractivity contribution >= 4 is 22.8 Å². The molecule has 132 valence electrons. The number of pyridine rings is 1. The van der Waals surface area contributed by atoms with Gasteiger partial charge in [0, 0.05) is 11.6 Å². The first-order valence-electron chi connectivity index (χ1n) is 7.90. The largest absolute Gasteiger partial charge is 0.490 e. The van der Waals surface area contributed by atoms with E-state index in [0.717, 1.165) is 5.39 Å². The number of nitrogens with one attached hydrogen (secondary N) is 1. The molecule has 1 saturated heterocycles. The first-order valence-corrected chi connectivity index (χ1v) is 7.90. The zero-order chi connectivity index (χ0) is 18.0. The van der Waals surface area contributed by atoms with Crippen LogP contribution in [0.1, 0.15) is 24.2 Å². The number of benzene rings is 1. The molecule has 3 rings (SSSR count). The zero-order valence-corrected chi connectivity index (χ0v) is 13.9. The summed E-state index contributed by atoms with van der Waals surface area (Å²) in [7, 11) is 0. The molecule has 1 aromatic heterocycles. The Bertz CT molecular complexity index is 821. The highest BCUT2D eigenvalue weighted by molar-refractivity contribution is 6.01. The Labute approximate surface area is 144 Å². The third-order valence-corrected chi connectivity index (χ3v) is 3.61. The molecule has 2 amide bonds. The van der Waals surface area contributed by atoms with Gasteiger partial charge in [0.2, 0.25) is 5.88 Å². The van der Waals surface area contributed by atoms with Gasteiger partial charge in [-0.2, -0.15) is 0 Å². The van der Waals surface area contributed by atoms with E-state index in [9.17, 15) is 9.59 Å². The van der Waals surface area contributed by atoms with E-state index in [0.29, 0.717) is 29.1 Å². The number of amides is 2. The Morgan fingerprint density at radius 1 is 1.48 bits per heavy atom. The van der Waals surface area contributed by atoms with Gasteiger partial charge in [-0.1, -0.05) is 0 Å². The molecule has 1 aliphatic rings. The number of hydrogen-bond donors (Lipinski definition) is 2. The summed E-state index contributed by atoms with van der Waals surface area (Å²) in [4.78, 5) is 27.0. The Morgan fingerprint density at radius 2 is 2.28 bits per heavy atom. The molecule has 0 aliphatic carbocycles. The summed E-state index contributed by atoms with van der Waals surface area (Å²) in [5.74, 6) is 0.174. The van der Waals surface area contributed by atoms with E-state index in [1.54, 1.807) is 24.4 Å². The first-order chi connectivity index (χ1) is 11.9. The number of fused-ring (bicyclic) bond motifs is 1. The molecule has 0 saturated carbocycles. The normalized spacial score (nSPS) is 16.6. The van der Waals surface area contributed by atoms with E-state index in [2.05, 4.69) is 10.3 Å². The van der Waals surface area contributed by atoms with Crippen LogP contribution in [-0.4, -0.2) is 42.3 Å². The highest BCUT2D eigenvalue weighted by Crippen LogP contribution is 2.31. The van der Waals surface area contributed by atoms with Gasteiger partial charge in [-0.15, -0.1) is 0 Å². The molecular formula is C17H19N3O5. The van der Waals surface area contributed by atoms with Crippen LogP contribution < -0.4 is 20.5 Å². The number of nitrogens with two attached hydrogens (primary N) is 1. The smallest absolute Gasteiger partial charge is 0.407 e. The van der Waals surface area contributed by atoms with Crippen LogP contribution in [0.4, 0.5) is 4.79 Å². The number of alkyl carbamates (subject to hydrolysis) is 1. The number of primary amides is 1. The van der Waals surface area contributed by atoms with Crippen molar-refractivity contribution in [1.82, 2.24) is 10.3 Å². The van der Waals surface area contributed by atoms with Crippen LogP contribution in [0.15, 0.2) is 24.4 Å². The summed E-state index contributed by atoms with van der Waals surface area (Å²) in [6, 6.07) is 5.10. The standard InChI is InChI=1S/C17H19N3O5/c1-9(2)24-14-6-12-10(5-13(14)15(18)21)3-4-19-16(12)23-8-11-7-20-17(22)25-11/h3-6,9,11H,7-8H2,1-2H3,(H2,18,21)(H,20,22)/t11-/m0/s1. The minimum atomic E-state index is -0.569. The molecule has 0 radical (unpaired) electrons. The molecule has 0 unspecified atom stereocenters. The maximum Gasteiger partial charge on any atom is 0.407 e. The van der Waals surface area contributed by atoms with Crippen molar-refractivity contribution in [3.05, 3.63) is 30.0 Å². The van der Waals surface area contributed by atoms with E-state index in [-0.39, 0.29) is 18.8 Å². The second-order valence-corrected chi connectivity index (χ2v) is 5.94. The Balaban J connectivity index is 1.93. The Kier molecular flexibility index (Phi) is 4.60. The van der Waals surface area contributed by atoms with E-state index >= 15 is 0 Å². The average Bonchev–Trinajstić information content (AvgIpc) is 2.97. The van der Waals surface area contributed by atoms with Crippen molar-refractivity contribution in [2.24, 2.45) is 5.73 Å². The van der Waals surface area contributed by atoms with Gasteiger partial charge in [0.25, 0.3) is 5.91 Å². The molecule has 0 bridgehead atoms. The zero-order valence-electron chi connectivity index (χ0n) is 13.9. The van der Waals surface area contributed by atoms with Crippen molar-refractivity contribution in [2.75, 3.05) is 13.2 Å². The summed E-state index contributed by atoms with van der Waals surface area (Å²) >= 11 is 0. The Hall–Kier alpha value is -3.03. The topological polar surface area (TPSA) is 113 Å². The third-order valence-electron chi connectivity index (χ3n) is 3.61. The third kappa shape index (κ3) is 3.73. The van der Waals surface area contributed by atoms with Crippen LogP contribution in [0, 0.1) is 0 Å². The number of aromatic nitrogens is 1. The number of carbonyl (C=O) groups is 2. The highest BCUT2D eigenvalue weighted by atomic mass is 16.6. The Morgan fingerprint density at radius 3 is 2.92 bits per heavy atom. The molecule has 1 aliphatic heterocycles. The lowest BCUT2D eigenvalue weighted by atomic mass is 10.1. The van der Waals surface area contributed by atoms with E-state index in [1.165, 1.54) is 0 Å². The van der Waals surface area contributed by atoms with Gasteiger partial charge in [0.15, 0.2) is 6.10 Å². The van der Waals surface area contributed by atoms with Crippen molar-refractivity contribution in [2.45, 2.75) is 26.1 Å². The van der Waals surface area contributed by atoms with Crippen molar-refractivity contribution in [1.29, 1.82) is 0 Å². The number of cyclic esters (lactones) is 1. The lowest BCUT2D eigenvalue weighted by Crippen LogP contribution is -2.22. The molecule has 1 atom stereocenters. The second-order valence-electron chi connectivity index (χ2n) is 5.94. The van der Waals surface area contributed by atoms with Gasteiger partial charge >= 0.3 is 6.09 Å². The maximum atomic E-state index is 11.7. The number of hydrogen-bond acceptors (Lipinski definition) is 6. The fraction of sp³-hybridized carbons (Fsp3) is 0.353. The van der Waals surface area contributed by atoms with Crippen molar-refractivity contribution in [3.63, 3.8) is 0 Å². The van der Waals surface area contributed by atoms with Gasteiger partial charge in [0.1, 0.15) is 12.4 Å². The molecule has 1 aromatic carbocycles. The van der Waals surface area contributed by atoms with Gasteiger partial charge in [-0.3, -0.25) is 4.79 Å². The van der Waals surface area contributed by atoms with Crippen molar-refractivity contribution in [3.8, 4) is 11.6 Å². The van der Waals surface area contributed by atoms with Crippen LogP contribution in [0.3, 0.4) is 0 Å². The molecule has 3 N–H and O–H groups in total. The first kappa shape index (κ1) is 16.8.